The van der Waals surface area contributed by atoms with Crippen molar-refractivity contribution in [3.8, 4) is 0 Å². The summed E-state index contributed by atoms with van der Waals surface area (Å²) in [6.45, 7) is 7.37. The molecule has 0 fully saturated rings. The van der Waals surface area contributed by atoms with Crippen LogP contribution in [0.5, 0.6) is 0 Å². The minimum atomic E-state index is -0.857. The number of urea groups is 1. The van der Waals surface area contributed by atoms with Gasteiger partial charge in [0.2, 0.25) is 0 Å². The summed E-state index contributed by atoms with van der Waals surface area (Å²) in [6, 6.07) is -0.166. The molecule has 5 heteroatoms. The van der Waals surface area contributed by atoms with Gasteiger partial charge in [-0.05, 0) is 19.8 Å². The number of unbranched alkanes of at least 4 members (excludes halogenated alkanes) is 1. The van der Waals surface area contributed by atoms with E-state index in [1.807, 2.05) is 6.92 Å². The van der Waals surface area contributed by atoms with Crippen molar-refractivity contribution in [2.45, 2.75) is 40.0 Å². The van der Waals surface area contributed by atoms with Gasteiger partial charge in [-0.2, -0.15) is 0 Å². The lowest BCUT2D eigenvalue weighted by molar-refractivity contribution is -0.141. The van der Waals surface area contributed by atoms with Crippen LogP contribution < -0.4 is 5.32 Å². The molecule has 2 N–H and O–H groups in total. The molecule has 5 nitrogen and oxygen atoms in total. The van der Waals surface area contributed by atoms with Crippen LogP contribution in [-0.4, -0.2) is 41.6 Å². The van der Waals surface area contributed by atoms with Gasteiger partial charge in [-0.3, -0.25) is 4.79 Å². The van der Waals surface area contributed by atoms with Crippen molar-refractivity contribution in [1.29, 1.82) is 0 Å². The molecular formula is C12H24N2O3. The van der Waals surface area contributed by atoms with E-state index in [-0.39, 0.29) is 12.6 Å². The summed E-state index contributed by atoms with van der Waals surface area (Å²) in [5.41, 5.74) is 0. The van der Waals surface area contributed by atoms with Crippen molar-refractivity contribution in [2.24, 2.45) is 5.92 Å². The maximum absolute atomic E-state index is 11.7. The summed E-state index contributed by atoms with van der Waals surface area (Å²) >= 11 is 0. The Bertz CT molecular complexity index is 244. The van der Waals surface area contributed by atoms with Crippen molar-refractivity contribution in [3.63, 3.8) is 0 Å². The third-order valence-electron chi connectivity index (χ3n) is 2.79. The zero-order chi connectivity index (χ0) is 13.3. The quantitative estimate of drug-likeness (QED) is 0.685. The highest BCUT2D eigenvalue weighted by atomic mass is 16.4. The van der Waals surface area contributed by atoms with Gasteiger partial charge in [0.05, 0.1) is 5.92 Å². The van der Waals surface area contributed by atoms with Gasteiger partial charge in [0.1, 0.15) is 0 Å². The molecule has 0 bridgehead atoms. The highest BCUT2D eigenvalue weighted by molar-refractivity contribution is 5.76. The minimum Gasteiger partial charge on any atom is -0.481 e. The molecule has 0 saturated carbocycles. The molecule has 0 aliphatic carbocycles. The lowest BCUT2D eigenvalue weighted by atomic mass is 10.1. The van der Waals surface area contributed by atoms with E-state index in [2.05, 4.69) is 12.2 Å². The van der Waals surface area contributed by atoms with Gasteiger partial charge in [-0.25, -0.2) is 4.79 Å². The second kappa shape index (κ2) is 8.84. The Kier molecular flexibility index (Phi) is 8.19. The maximum Gasteiger partial charge on any atom is 0.317 e. The number of hydrogen-bond donors (Lipinski definition) is 2. The van der Waals surface area contributed by atoms with Gasteiger partial charge in [0.15, 0.2) is 0 Å². The normalized spacial score (nSPS) is 11.9. The van der Waals surface area contributed by atoms with Crippen molar-refractivity contribution >= 4 is 12.0 Å². The van der Waals surface area contributed by atoms with Gasteiger partial charge in [0.25, 0.3) is 0 Å². The summed E-state index contributed by atoms with van der Waals surface area (Å²) in [7, 11) is 0. The van der Waals surface area contributed by atoms with Crippen LogP contribution in [-0.2, 0) is 4.79 Å². The third kappa shape index (κ3) is 6.14. The van der Waals surface area contributed by atoms with Gasteiger partial charge in [-0.15, -0.1) is 0 Å². The van der Waals surface area contributed by atoms with Crippen LogP contribution in [0.4, 0.5) is 4.79 Å². The fraction of sp³-hybridized carbons (Fsp3) is 0.833. The monoisotopic (exact) mass is 244 g/mol. The molecule has 0 rings (SSSR count). The molecular weight excluding hydrogens is 220 g/mol. The molecule has 100 valence electrons. The molecule has 0 aliphatic rings. The van der Waals surface area contributed by atoms with E-state index in [4.69, 9.17) is 5.11 Å². The van der Waals surface area contributed by atoms with Crippen LogP contribution >= 0.6 is 0 Å². The average molecular weight is 244 g/mol. The van der Waals surface area contributed by atoms with Crippen LogP contribution in [0.15, 0.2) is 0 Å². The number of rotatable bonds is 8. The Morgan fingerprint density at radius 1 is 1.29 bits per heavy atom. The van der Waals surface area contributed by atoms with Gasteiger partial charge in [0, 0.05) is 19.6 Å². The van der Waals surface area contributed by atoms with Crippen molar-refractivity contribution in [3.05, 3.63) is 0 Å². The number of aliphatic carboxylic acids is 1. The molecule has 0 radical (unpaired) electrons. The summed E-state index contributed by atoms with van der Waals surface area (Å²) in [4.78, 5) is 24.2. The first kappa shape index (κ1) is 15.7. The lowest BCUT2D eigenvalue weighted by Crippen LogP contribution is -2.43. The number of nitrogens with one attached hydrogen (secondary N) is 1. The number of carboxylic acid groups (broad SMARTS) is 1. The molecule has 0 aliphatic heterocycles. The summed E-state index contributed by atoms with van der Waals surface area (Å²) < 4.78 is 0. The predicted octanol–water partition coefficient (Wildman–Crippen LogP) is 1.93. The molecule has 0 aromatic carbocycles. The molecule has 1 atom stereocenters. The molecule has 0 heterocycles. The minimum absolute atomic E-state index is 0.166. The second-order valence-electron chi connectivity index (χ2n) is 4.06. The molecule has 2 amide bonds. The van der Waals surface area contributed by atoms with Crippen LogP contribution in [0.3, 0.4) is 0 Å². The Morgan fingerprint density at radius 2 is 1.94 bits per heavy atom. The number of carboxylic acids is 1. The van der Waals surface area contributed by atoms with Crippen LogP contribution in [0.25, 0.3) is 0 Å². The fourth-order valence-electron chi connectivity index (χ4n) is 1.48. The maximum atomic E-state index is 11.7. The van der Waals surface area contributed by atoms with Crippen molar-refractivity contribution in [1.82, 2.24) is 10.2 Å². The van der Waals surface area contributed by atoms with E-state index in [0.29, 0.717) is 13.0 Å². The standard InChI is InChI=1S/C12H24N2O3/c1-4-7-8-14(6-3)12(17)13-9-10(5-2)11(15)16/h10H,4-9H2,1-3H3,(H,13,17)(H,15,16). The van der Waals surface area contributed by atoms with E-state index in [0.717, 1.165) is 19.4 Å². The molecule has 0 aromatic heterocycles. The lowest BCUT2D eigenvalue weighted by Gasteiger charge is -2.22. The fourth-order valence-corrected chi connectivity index (χ4v) is 1.48. The first-order valence-corrected chi connectivity index (χ1v) is 6.32. The number of amides is 2. The molecule has 0 saturated heterocycles. The first-order valence-electron chi connectivity index (χ1n) is 6.32. The summed E-state index contributed by atoms with van der Waals surface area (Å²) in [5.74, 6) is -1.35. The van der Waals surface area contributed by atoms with Crippen LogP contribution in [0.2, 0.25) is 0 Å². The molecule has 0 aromatic rings. The van der Waals surface area contributed by atoms with Crippen LogP contribution in [0.1, 0.15) is 40.0 Å². The SMILES string of the molecule is CCCCN(CC)C(=O)NCC(CC)C(=O)O. The smallest absolute Gasteiger partial charge is 0.317 e. The van der Waals surface area contributed by atoms with Gasteiger partial charge < -0.3 is 15.3 Å². The van der Waals surface area contributed by atoms with E-state index >= 15 is 0 Å². The van der Waals surface area contributed by atoms with E-state index in [1.165, 1.54) is 0 Å². The Morgan fingerprint density at radius 3 is 2.35 bits per heavy atom. The van der Waals surface area contributed by atoms with E-state index in [1.54, 1.807) is 11.8 Å². The van der Waals surface area contributed by atoms with Gasteiger partial charge >= 0.3 is 12.0 Å². The van der Waals surface area contributed by atoms with E-state index < -0.39 is 11.9 Å². The Balaban J connectivity index is 4.08. The van der Waals surface area contributed by atoms with Gasteiger partial charge in [-0.1, -0.05) is 20.3 Å². The topological polar surface area (TPSA) is 69.6 Å². The second-order valence-corrected chi connectivity index (χ2v) is 4.06. The average Bonchev–Trinajstić information content (AvgIpc) is 2.30. The number of hydrogen-bond acceptors (Lipinski definition) is 2. The number of nitrogens with zero attached hydrogens (tertiary/aromatic N) is 1. The Labute approximate surface area is 103 Å². The summed E-state index contributed by atoms with van der Waals surface area (Å²) in [6.07, 6.45) is 2.53. The molecule has 1 unspecified atom stereocenters. The number of carbonyl (C=O) groups is 2. The van der Waals surface area contributed by atoms with Crippen molar-refractivity contribution in [2.75, 3.05) is 19.6 Å². The highest BCUT2D eigenvalue weighted by Crippen LogP contribution is 2.01. The van der Waals surface area contributed by atoms with Crippen LogP contribution in [0, 0.1) is 5.92 Å². The molecule has 17 heavy (non-hydrogen) atoms. The predicted molar refractivity (Wildman–Crippen MR) is 67.0 cm³/mol. The number of carbonyl (C=O) groups excluding carboxylic acids is 1. The zero-order valence-corrected chi connectivity index (χ0v) is 11.0. The Hall–Kier alpha value is -1.26. The third-order valence-corrected chi connectivity index (χ3v) is 2.79. The zero-order valence-electron chi connectivity index (χ0n) is 11.0. The largest absolute Gasteiger partial charge is 0.481 e. The first-order chi connectivity index (χ1) is 8.06. The summed E-state index contributed by atoms with van der Waals surface area (Å²) in [5, 5.41) is 11.5. The highest BCUT2D eigenvalue weighted by Gasteiger charge is 2.17. The van der Waals surface area contributed by atoms with Crippen molar-refractivity contribution < 1.29 is 14.7 Å². The van der Waals surface area contributed by atoms with E-state index in [9.17, 15) is 9.59 Å². The molecule has 0 spiro atoms.